The number of H-pyrrole nitrogens is 2. The zero-order valence-corrected chi connectivity index (χ0v) is 32.7. The maximum atomic E-state index is 13.1. The van der Waals surface area contributed by atoms with Crippen molar-refractivity contribution in [2.75, 3.05) is 0 Å². The van der Waals surface area contributed by atoms with E-state index in [9.17, 15) is 18.4 Å². The van der Waals surface area contributed by atoms with Crippen molar-refractivity contribution >= 4 is 35.1 Å². The van der Waals surface area contributed by atoms with Crippen molar-refractivity contribution < 1.29 is 33.0 Å². The van der Waals surface area contributed by atoms with Crippen LogP contribution >= 0.6 is 23.2 Å². The molecule has 0 unspecified atom stereocenters. The highest BCUT2D eigenvalue weighted by molar-refractivity contribution is 6.31. The second kappa shape index (κ2) is 20.8. The van der Waals surface area contributed by atoms with E-state index in [0.29, 0.717) is 23.9 Å². The summed E-state index contributed by atoms with van der Waals surface area (Å²) in [5.74, 6) is -0.742. The van der Waals surface area contributed by atoms with Crippen LogP contribution in [-0.4, -0.2) is 68.2 Å². The number of aromatic amines is 2. The van der Waals surface area contributed by atoms with Gasteiger partial charge in [0.05, 0.1) is 10.0 Å². The SMILES string of the molecule is NCc1ccc(-c2nn[nH]n2)cc1.O=C(NCc1ccc(-c2nn[nH]n2)cc1)c1cc(Cl)cnc1Oc1ccc(F)cc1.O=C(O)c1cc(Cl)cnc1Oc1ccc(F)cc1. The molecule has 0 radical (unpaired) electrons. The number of hydrogen-bond acceptors (Lipinski definition) is 13. The number of nitrogens with one attached hydrogen (secondary N) is 3. The lowest BCUT2D eigenvalue weighted by Crippen LogP contribution is -2.23. The number of carbonyl (C=O) groups excluding carboxylic acids is 1. The molecule has 8 aromatic rings. The molecule has 0 aliphatic carbocycles. The zero-order chi connectivity index (χ0) is 43.1. The number of pyridine rings is 2. The summed E-state index contributed by atoms with van der Waals surface area (Å²) in [5, 5.41) is 39.6. The van der Waals surface area contributed by atoms with E-state index in [0.717, 1.165) is 22.3 Å². The van der Waals surface area contributed by atoms with Gasteiger partial charge < -0.3 is 25.6 Å². The molecule has 61 heavy (non-hydrogen) atoms. The normalized spacial score (nSPS) is 10.4. The molecule has 0 atom stereocenters. The van der Waals surface area contributed by atoms with Gasteiger partial charge in [-0.05, 0) is 82.2 Å². The maximum Gasteiger partial charge on any atom is 0.341 e. The van der Waals surface area contributed by atoms with Gasteiger partial charge in [-0.1, -0.05) is 71.7 Å². The van der Waals surface area contributed by atoms with Crippen molar-refractivity contribution in [1.29, 1.82) is 0 Å². The van der Waals surface area contributed by atoms with Gasteiger partial charge in [0.2, 0.25) is 23.4 Å². The number of tetrazole rings is 2. The third-order valence-corrected chi connectivity index (χ3v) is 8.38. The van der Waals surface area contributed by atoms with E-state index < -0.39 is 23.5 Å². The highest BCUT2D eigenvalue weighted by Gasteiger charge is 2.17. The molecule has 4 aromatic carbocycles. The molecular weight excluding hydrogens is 837 g/mol. The minimum atomic E-state index is -1.21. The van der Waals surface area contributed by atoms with Crippen molar-refractivity contribution in [3.8, 4) is 46.0 Å². The van der Waals surface area contributed by atoms with Crippen LogP contribution in [0.2, 0.25) is 10.0 Å². The Morgan fingerprint density at radius 3 is 1.52 bits per heavy atom. The molecule has 0 aliphatic heterocycles. The predicted molar refractivity (Wildman–Crippen MR) is 217 cm³/mol. The fourth-order valence-corrected chi connectivity index (χ4v) is 5.28. The first-order chi connectivity index (χ1) is 29.5. The Morgan fingerprint density at radius 2 is 1.10 bits per heavy atom. The van der Waals surface area contributed by atoms with Gasteiger partial charge >= 0.3 is 5.97 Å². The standard InChI is InChI=1S/C20H14ClFN6O2.C12H7ClFNO3.C8H9N5/c21-14-9-17(20(24-11-14)30-16-7-5-15(22)6-8-16)19(29)23-10-12-1-3-13(4-2-12)18-25-27-28-26-18;13-7-5-10(12(16)17)11(15-6-7)18-9-3-1-8(14)2-4-9;9-5-6-1-3-7(4-2-6)8-10-12-13-11-8/h1-9,11H,10H2,(H,23,29)(H,25,26,27,28);1-6H,(H,16,17);1-4H,5,9H2,(H,10,11,12,13). The lowest BCUT2D eigenvalue weighted by Gasteiger charge is -2.11. The van der Waals surface area contributed by atoms with E-state index >= 15 is 0 Å². The van der Waals surface area contributed by atoms with E-state index in [1.807, 2.05) is 48.5 Å². The number of carboxylic acids is 1. The van der Waals surface area contributed by atoms with Crippen LogP contribution in [0.1, 0.15) is 31.8 Å². The molecule has 0 bridgehead atoms. The Labute approximate surface area is 353 Å². The second-order valence-corrected chi connectivity index (χ2v) is 13.1. The van der Waals surface area contributed by atoms with Crippen molar-refractivity contribution in [3.63, 3.8) is 0 Å². The number of aromatic carboxylic acids is 1. The second-order valence-electron chi connectivity index (χ2n) is 12.2. The number of aromatic nitrogens is 10. The molecule has 0 fully saturated rings. The highest BCUT2D eigenvalue weighted by Crippen LogP contribution is 2.27. The van der Waals surface area contributed by atoms with Crippen LogP contribution in [-0.2, 0) is 13.1 Å². The molecule has 21 heteroatoms. The Morgan fingerprint density at radius 1 is 0.656 bits per heavy atom. The fraction of sp³-hybridized carbons (Fsp3) is 0.0500. The number of carbonyl (C=O) groups is 2. The van der Waals surface area contributed by atoms with Crippen LogP contribution < -0.4 is 20.5 Å². The zero-order valence-electron chi connectivity index (χ0n) is 31.2. The lowest BCUT2D eigenvalue weighted by atomic mass is 10.1. The number of ether oxygens (including phenoxy) is 2. The topological polar surface area (TPSA) is 246 Å². The molecule has 1 amide bonds. The van der Waals surface area contributed by atoms with Gasteiger partial charge in [0.1, 0.15) is 34.3 Å². The third kappa shape index (κ3) is 12.4. The Balaban J connectivity index is 0.000000170. The molecule has 17 nitrogen and oxygen atoms in total. The van der Waals surface area contributed by atoms with Gasteiger partial charge in [0.25, 0.3) is 5.91 Å². The Hall–Kier alpha value is -7.74. The van der Waals surface area contributed by atoms with E-state index in [1.54, 1.807) is 0 Å². The van der Waals surface area contributed by atoms with Gasteiger partial charge in [-0.25, -0.2) is 23.5 Å². The van der Waals surface area contributed by atoms with Crippen LogP contribution in [0, 0.1) is 11.6 Å². The summed E-state index contributed by atoms with van der Waals surface area (Å²) >= 11 is 11.7. The molecule has 0 aliphatic rings. The van der Waals surface area contributed by atoms with Gasteiger partial charge in [-0.3, -0.25) is 4.79 Å². The number of nitrogens with two attached hydrogens (primary N) is 1. The van der Waals surface area contributed by atoms with Crippen LogP contribution in [0.15, 0.2) is 122 Å². The summed E-state index contributed by atoms with van der Waals surface area (Å²) in [5.41, 5.74) is 9.16. The number of hydrogen-bond donors (Lipinski definition) is 5. The summed E-state index contributed by atoms with van der Waals surface area (Å²) in [4.78, 5) is 31.6. The molecule has 0 saturated heterocycles. The largest absolute Gasteiger partial charge is 0.477 e. The average Bonchev–Trinajstić information content (AvgIpc) is 4.03. The van der Waals surface area contributed by atoms with E-state index in [4.69, 9.17) is 43.5 Å². The first-order valence-electron chi connectivity index (χ1n) is 17.6. The van der Waals surface area contributed by atoms with Crippen LogP contribution in [0.4, 0.5) is 8.78 Å². The number of halogens is 4. The average molecular weight is 868 g/mol. The first-order valence-corrected chi connectivity index (χ1v) is 18.3. The van der Waals surface area contributed by atoms with Gasteiger partial charge in [0.15, 0.2) is 0 Å². The number of amides is 1. The number of nitrogens with zero attached hydrogens (tertiary/aromatic N) is 8. The molecule has 308 valence electrons. The summed E-state index contributed by atoms with van der Waals surface area (Å²) < 4.78 is 36.7. The predicted octanol–water partition coefficient (Wildman–Crippen LogP) is 7.47. The van der Waals surface area contributed by atoms with Gasteiger partial charge in [0, 0.05) is 36.6 Å². The molecule has 8 rings (SSSR count). The fourth-order valence-electron chi connectivity index (χ4n) is 4.97. The van der Waals surface area contributed by atoms with Crippen LogP contribution in [0.25, 0.3) is 22.8 Å². The van der Waals surface area contributed by atoms with E-state index in [-0.39, 0.29) is 45.2 Å². The first kappa shape index (κ1) is 42.9. The summed E-state index contributed by atoms with van der Waals surface area (Å²) in [6, 6.07) is 28.3. The van der Waals surface area contributed by atoms with Crippen molar-refractivity contribution in [2.45, 2.75) is 13.1 Å². The molecule has 4 aromatic heterocycles. The summed E-state index contributed by atoms with van der Waals surface area (Å²) in [6.07, 6.45) is 2.64. The van der Waals surface area contributed by atoms with Crippen molar-refractivity contribution in [2.24, 2.45) is 5.73 Å². The highest BCUT2D eigenvalue weighted by atomic mass is 35.5. The lowest BCUT2D eigenvalue weighted by molar-refractivity contribution is 0.0693. The van der Waals surface area contributed by atoms with E-state index in [1.165, 1.54) is 73.1 Å². The monoisotopic (exact) mass is 866 g/mol. The molecule has 4 heterocycles. The Kier molecular flexibility index (Phi) is 14.6. The quantitative estimate of drug-likeness (QED) is 0.0847. The summed E-state index contributed by atoms with van der Waals surface area (Å²) in [6.45, 7) is 0.820. The van der Waals surface area contributed by atoms with Crippen molar-refractivity contribution in [1.82, 2.24) is 56.5 Å². The molecule has 0 spiro atoms. The summed E-state index contributed by atoms with van der Waals surface area (Å²) in [7, 11) is 0. The minimum Gasteiger partial charge on any atom is -0.477 e. The Bertz CT molecular complexity index is 2660. The van der Waals surface area contributed by atoms with Crippen LogP contribution in [0.5, 0.6) is 23.3 Å². The third-order valence-electron chi connectivity index (χ3n) is 7.97. The van der Waals surface area contributed by atoms with Gasteiger partial charge in [-0.2, -0.15) is 10.4 Å². The minimum absolute atomic E-state index is 0.0657. The molecule has 6 N–H and O–H groups in total. The smallest absolute Gasteiger partial charge is 0.341 e. The number of rotatable bonds is 11. The van der Waals surface area contributed by atoms with Crippen molar-refractivity contribution in [3.05, 3.63) is 166 Å². The maximum absolute atomic E-state index is 13.1. The van der Waals surface area contributed by atoms with Crippen LogP contribution in [0.3, 0.4) is 0 Å². The van der Waals surface area contributed by atoms with Gasteiger partial charge in [-0.15, -0.1) is 20.4 Å². The molecule has 0 saturated carbocycles. The molecular formula is C40H30Cl2F2N12O5. The number of carboxylic acid groups (broad SMARTS) is 1. The van der Waals surface area contributed by atoms with E-state index in [2.05, 4.69) is 56.5 Å². The number of benzene rings is 4.